The molecule has 98 valence electrons. The van der Waals surface area contributed by atoms with Crippen molar-refractivity contribution in [1.82, 2.24) is 15.3 Å². The first-order chi connectivity index (χ1) is 9.08. The average molecular weight is 277 g/mol. The smallest absolute Gasteiger partial charge is 0.253 e. The van der Waals surface area contributed by atoms with E-state index in [4.69, 9.17) is 17.3 Å². The van der Waals surface area contributed by atoms with Crippen LogP contribution in [0.5, 0.6) is 0 Å². The lowest BCUT2D eigenvalue weighted by atomic mass is 10.1. The van der Waals surface area contributed by atoms with E-state index in [9.17, 15) is 4.79 Å². The van der Waals surface area contributed by atoms with Crippen LogP contribution in [-0.2, 0) is 0 Å². The van der Waals surface area contributed by atoms with Gasteiger partial charge in [-0.1, -0.05) is 17.7 Å². The van der Waals surface area contributed by atoms with Gasteiger partial charge >= 0.3 is 0 Å². The van der Waals surface area contributed by atoms with Crippen LogP contribution >= 0.6 is 11.6 Å². The van der Waals surface area contributed by atoms with E-state index in [0.29, 0.717) is 5.56 Å². The molecule has 0 spiro atoms. The van der Waals surface area contributed by atoms with Gasteiger partial charge in [0.25, 0.3) is 5.91 Å². The molecular formula is C13H13ClN4O. The number of hydrogen-bond acceptors (Lipinski definition) is 4. The van der Waals surface area contributed by atoms with Crippen molar-refractivity contribution in [3.63, 3.8) is 0 Å². The second-order valence-electron chi connectivity index (χ2n) is 4.07. The summed E-state index contributed by atoms with van der Waals surface area (Å²) in [5.41, 5.74) is 6.77. The molecule has 19 heavy (non-hydrogen) atoms. The summed E-state index contributed by atoms with van der Waals surface area (Å²) < 4.78 is 0. The van der Waals surface area contributed by atoms with E-state index in [0.717, 1.165) is 5.56 Å². The Balaban J connectivity index is 2.15. The van der Waals surface area contributed by atoms with Crippen LogP contribution < -0.4 is 11.1 Å². The standard InChI is InChI=1S/C13H13ClN4O/c1-8(9-3-2-4-16-6-9)18-13(19)10-5-12(15)17-7-11(10)14/h2-8H,1H3,(H2,15,17)(H,18,19). The van der Waals surface area contributed by atoms with Crippen molar-refractivity contribution in [2.24, 2.45) is 0 Å². The highest BCUT2D eigenvalue weighted by Crippen LogP contribution is 2.18. The summed E-state index contributed by atoms with van der Waals surface area (Å²) in [6.45, 7) is 1.87. The molecule has 2 rings (SSSR count). The molecule has 5 nitrogen and oxygen atoms in total. The fourth-order valence-electron chi connectivity index (χ4n) is 1.62. The second-order valence-corrected chi connectivity index (χ2v) is 4.48. The molecule has 0 fully saturated rings. The molecule has 0 aromatic carbocycles. The fraction of sp³-hybridized carbons (Fsp3) is 0.154. The number of pyridine rings is 2. The van der Waals surface area contributed by atoms with E-state index in [1.807, 2.05) is 19.1 Å². The van der Waals surface area contributed by atoms with E-state index in [1.165, 1.54) is 12.3 Å². The van der Waals surface area contributed by atoms with Gasteiger partial charge in [0, 0.05) is 18.6 Å². The first-order valence-electron chi connectivity index (χ1n) is 5.69. The lowest BCUT2D eigenvalue weighted by molar-refractivity contribution is 0.0940. The monoisotopic (exact) mass is 276 g/mol. The third-order valence-corrected chi connectivity index (χ3v) is 2.95. The van der Waals surface area contributed by atoms with Crippen LogP contribution in [-0.4, -0.2) is 15.9 Å². The summed E-state index contributed by atoms with van der Waals surface area (Å²) in [6, 6.07) is 4.98. The van der Waals surface area contributed by atoms with Crippen molar-refractivity contribution >= 4 is 23.3 Å². The Hall–Kier alpha value is -2.14. The largest absolute Gasteiger partial charge is 0.384 e. The molecule has 0 saturated heterocycles. The van der Waals surface area contributed by atoms with Crippen molar-refractivity contribution in [3.8, 4) is 0 Å². The van der Waals surface area contributed by atoms with Crippen LogP contribution in [0.15, 0.2) is 36.8 Å². The van der Waals surface area contributed by atoms with Crippen LogP contribution in [0.2, 0.25) is 5.02 Å². The first kappa shape index (κ1) is 13.3. The Morgan fingerprint density at radius 1 is 1.47 bits per heavy atom. The number of anilines is 1. The average Bonchev–Trinajstić information content (AvgIpc) is 2.42. The molecule has 2 aromatic rings. The van der Waals surface area contributed by atoms with Crippen molar-refractivity contribution in [2.45, 2.75) is 13.0 Å². The van der Waals surface area contributed by atoms with Gasteiger partial charge in [-0.05, 0) is 24.6 Å². The maximum atomic E-state index is 12.1. The number of hydrogen-bond donors (Lipinski definition) is 2. The highest BCUT2D eigenvalue weighted by atomic mass is 35.5. The van der Waals surface area contributed by atoms with Gasteiger partial charge in [0.05, 0.1) is 16.6 Å². The summed E-state index contributed by atoms with van der Waals surface area (Å²) in [5, 5.41) is 3.10. The maximum Gasteiger partial charge on any atom is 0.253 e. The molecule has 3 N–H and O–H groups in total. The number of halogens is 1. The molecule has 0 saturated carbocycles. The number of nitrogens with zero attached hydrogens (tertiary/aromatic N) is 2. The Morgan fingerprint density at radius 2 is 2.26 bits per heavy atom. The minimum atomic E-state index is -0.296. The third kappa shape index (κ3) is 3.20. The van der Waals surface area contributed by atoms with E-state index in [2.05, 4.69) is 15.3 Å². The Labute approximate surface area is 115 Å². The van der Waals surface area contributed by atoms with Gasteiger partial charge in [0.15, 0.2) is 0 Å². The van der Waals surface area contributed by atoms with Crippen molar-refractivity contribution in [1.29, 1.82) is 0 Å². The topological polar surface area (TPSA) is 80.9 Å². The van der Waals surface area contributed by atoms with Gasteiger partial charge in [-0.15, -0.1) is 0 Å². The van der Waals surface area contributed by atoms with Crippen LogP contribution in [0.4, 0.5) is 5.82 Å². The minimum Gasteiger partial charge on any atom is -0.384 e. The molecule has 0 aliphatic carbocycles. The molecule has 0 bridgehead atoms. The quantitative estimate of drug-likeness (QED) is 0.900. The summed E-state index contributed by atoms with van der Waals surface area (Å²) in [6.07, 6.45) is 4.74. The highest BCUT2D eigenvalue weighted by Gasteiger charge is 2.15. The minimum absolute atomic E-state index is 0.174. The summed E-state index contributed by atoms with van der Waals surface area (Å²) >= 11 is 5.93. The predicted octanol–water partition coefficient (Wildman–Crippen LogP) is 2.20. The number of carbonyl (C=O) groups excluding carboxylic acids is 1. The maximum absolute atomic E-state index is 12.1. The molecule has 2 heterocycles. The number of aromatic nitrogens is 2. The molecule has 6 heteroatoms. The van der Waals surface area contributed by atoms with Gasteiger partial charge in [-0.25, -0.2) is 4.98 Å². The molecule has 1 unspecified atom stereocenters. The van der Waals surface area contributed by atoms with Gasteiger partial charge < -0.3 is 11.1 Å². The zero-order valence-corrected chi connectivity index (χ0v) is 11.1. The molecular weight excluding hydrogens is 264 g/mol. The van der Waals surface area contributed by atoms with E-state index in [-0.39, 0.29) is 22.8 Å². The Kier molecular flexibility index (Phi) is 3.97. The van der Waals surface area contributed by atoms with Crippen LogP contribution in [0.25, 0.3) is 0 Å². The molecule has 1 atom stereocenters. The molecule has 2 aromatic heterocycles. The van der Waals surface area contributed by atoms with Gasteiger partial charge in [0.1, 0.15) is 5.82 Å². The van der Waals surface area contributed by atoms with Crippen LogP contribution in [0, 0.1) is 0 Å². The number of nitrogens with two attached hydrogens (primary N) is 1. The van der Waals surface area contributed by atoms with Crippen molar-refractivity contribution in [2.75, 3.05) is 5.73 Å². The molecule has 0 aliphatic heterocycles. The van der Waals surface area contributed by atoms with E-state index >= 15 is 0 Å². The third-order valence-electron chi connectivity index (χ3n) is 2.65. The number of amides is 1. The second kappa shape index (κ2) is 5.67. The predicted molar refractivity (Wildman–Crippen MR) is 73.8 cm³/mol. The zero-order chi connectivity index (χ0) is 13.8. The number of carbonyl (C=O) groups is 1. The summed E-state index contributed by atoms with van der Waals surface area (Å²) in [7, 11) is 0. The first-order valence-corrected chi connectivity index (χ1v) is 6.07. The number of nitrogens with one attached hydrogen (secondary N) is 1. The lowest BCUT2D eigenvalue weighted by Gasteiger charge is -2.14. The summed E-state index contributed by atoms with van der Waals surface area (Å²) in [5.74, 6) is -0.0426. The zero-order valence-electron chi connectivity index (χ0n) is 10.3. The highest BCUT2D eigenvalue weighted by molar-refractivity contribution is 6.33. The molecule has 1 amide bonds. The van der Waals surface area contributed by atoms with E-state index < -0.39 is 0 Å². The van der Waals surface area contributed by atoms with Gasteiger partial charge in [-0.2, -0.15) is 0 Å². The van der Waals surface area contributed by atoms with Crippen molar-refractivity contribution < 1.29 is 4.79 Å². The molecule has 0 aliphatic rings. The van der Waals surface area contributed by atoms with Crippen LogP contribution in [0.1, 0.15) is 28.9 Å². The van der Waals surface area contributed by atoms with Gasteiger partial charge in [-0.3, -0.25) is 9.78 Å². The summed E-state index contributed by atoms with van der Waals surface area (Å²) in [4.78, 5) is 19.9. The van der Waals surface area contributed by atoms with Gasteiger partial charge in [0.2, 0.25) is 0 Å². The molecule has 0 radical (unpaired) electrons. The van der Waals surface area contributed by atoms with Crippen LogP contribution in [0.3, 0.4) is 0 Å². The Bertz CT molecular complexity index is 588. The lowest BCUT2D eigenvalue weighted by Crippen LogP contribution is -2.27. The van der Waals surface area contributed by atoms with Crippen molar-refractivity contribution in [3.05, 3.63) is 52.9 Å². The van der Waals surface area contributed by atoms with E-state index in [1.54, 1.807) is 12.4 Å². The fourth-order valence-corrected chi connectivity index (χ4v) is 1.81. The SMILES string of the molecule is CC(NC(=O)c1cc(N)ncc1Cl)c1cccnc1. The Morgan fingerprint density at radius 3 is 2.95 bits per heavy atom. The number of nitrogen functional groups attached to an aromatic ring is 1. The number of rotatable bonds is 3. The normalized spacial score (nSPS) is 11.9.